The molecule has 0 fully saturated rings. The van der Waals surface area contributed by atoms with Crippen molar-refractivity contribution in [2.75, 3.05) is 14.2 Å². The lowest BCUT2D eigenvalue weighted by Crippen LogP contribution is -2.13. The fraction of sp³-hybridized carbons (Fsp3) is 0.105. The monoisotopic (exact) mass is 351 g/mol. The third kappa shape index (κ3) is 4.07. The molecular weight excluding hydrogens is 334 g/mol. The Hall–Kier alpha value is -3.61. The number of rotatable bonds is 4. The standard InChI is InChI=1S/C19H17N3O4/c1-24-17-9-8-16(12-18(17)25-2)26-19(23)21-14-10-11-22(20-13-14)15-6-4-3-5-7-15/h3-13H,1-2H3/b21-14+. The van der Waals surface area contributed by atoms with Crippen LogP contribution in [-0.2, 0) is 0 Å². The first-order chi connectivity index (χ1) is 12.7. The topological polar surface area (TPSA) is 74.9 Å². The molecule has 0 aliphatic carbocycles. The number of carbonyl (C=O) groups excluding carboxylic acids is 1. The summed E-state index contributed by atoms with van der Waals surface area (Å²) < 4.78 is 17.2. The molecule has 0 N–H and O–H groups in total. The summed E-state index contributed by atoms with van der Waals surface area (Å²) in [5, 5.41) is 4.63. The predicted octanol–water partition coefficient (Wildman–Crippen LogP) is 2.99. The second-order valence-electron chi connectivity index (χ2n) is 5.16. The van der Waals surface area contributed by atoms with Crippen LogP contribution in [0.2, 0.25) is 0 Å². The number of carbonyl (C=O) groups is 1. The van der Waals surface area contributed by atoms with Gasteiger partial charge < -0.3 is 14.2 Å². The highest BCUT2D eigenvalue weighted by atomic mass is 16.6. The van der Waals surface area contributed by atoms with Gasteiger partial charge in [-0.25, -0.2) is 9.48 Å². The summed E-state index contributed by atoms with van der Waals surface area (Å²) in [4.78, 5) is 15.9. The quantitative estimate of drug-likeness (QED) is 0.722. The van der Waals surface area contributed by atoms with Gasteiger partial charge in [-0.2, -0.15) is 10.1 Å². The van der Waals surface area contributed by atoms with Crippen molar-refractivity contribution < 1.29 is 19.0 Å². The lowest BCUT2D eigenvalue weighted by atomic mass is 10.3. The van der Waals surface area contributed by atoms with Crippen molar-refractivity contribution in [3.63, 3.8) is 0 Å². The van der Waals surface area contributed by atoms with Gasteiger partial charge in [0, 0.05) is 12.3 Å². The van der Waals surface area contributed by atoms with Crippen LogP contribution in [0, 0.1) is 0 Å². The van der Waals surface area contributed by atoms with Gasteiger partial charge in [0.05, 0.1) is 31.5 Å². The van der Waals surface area contributed by atoms with Crippen molar-refractivity contribution in [2.24, 2.45) is 4.99 Å². The molecule has 1 heterocycles. The van der Waals surface area contributed by atoms with E-state index in [0.29, 0.717) is 22.6 Å². The molecular formula is C19H17N3O4. The number of para-hydroxylation sites is 1. The van der Waals surface area contributed by atoms with Gasteiger partial charge in [0.1, 0.15) is 5.75 Å². The number of hydrogen-bond donors (Lipinski definition) is 0. The molecule has 7 nitrogen and oxygen atoms in total. The lowest BCUT2D eigenvalue weighted by molar-refractivity contribution is 0.210. The molecule has 1 amide bonds. The zero-order valence-electron chi connectivity index (χ0n) is 14.3. The number of aromatic nitrogens is 2. The lowest BCUT2D eigenvalue weighted by Gasteiger charge is -2.08. The Morgan fingerprint density at radius 2 is 1.77 bits per heavy atom. The largest absolute Gasteiger partial charge is 0.493 e. The van der Waals surface area contributed by atoms with Gasteiger partial charge in [-0.1, -0.05) is 18.2 Å². The summed E-state index contributed by atoms with van der Waals surface area (Å²) in [5.74, 6) is 1.31. The number of hydrogen-bond acceptors (Lipinski definition) is 5. The minimum atomic E-state index is -0.753. The first kappa shape index (κ1) is 17.2. The Balaban J connectivity index is 1.75. The number of amides is 1. The molecule has 0 bridgehead atoms. The summed E-state index contributed by atoms with van der Waals surface area (Å²) in [6, 6.07) is 16.1. The zero-order valence-corrected chi connectivity index (χ0v) is 14.3. The first-order valence-electron chi connectivity index (χ1n) is 7.78. The molecule has 0 atom stereocenters. The van der Waals surface area contributed by atoms with E-state index in [2.05, 4.69) is 10.1 Å². The van der Waals surface area contributed by atoms with Crippen LogP contribution < -0.4 is 19.6 Å². The Bertz CT molecular complexity index is 948. The van der Waals surface area contributed by atoms with Crippen LogP contribution in [0.15, 0.2) is 72.0 Å². The van der Waals surface area contributed by atoms with Crippen molar-refractivity contribution >= 4 is 6.09 Å². The van der Waals surface area contributed by atoms with Crippen molar-refractivity contribution in [3.05, 3.63) is 72.3 Å². The molecule has 0 saturated carbocycles. The maximum Gasteiger partial charge on any atom is 0.439 e. The minimum absolute atomic E-state index is 0.305. The van der Waals surface area contributed by atoms with Gasteiger partial charge in [-0.15, -0.1) is 0 Å². The van der Waals surface area contributed by atoms with Crippen LogP contribution in [0.5, 0.6) is 17.2 Å². The van der Waals surface area contributed by atoms with E-state index in [1.165, 1.54) is 20.4 Å². The van der Waals surface area contributed by atoms with E-state index in [1.807, 2.05) is 30.3 Å². The highest BCUT2D eigenvalue weighted by Crippen LogP contribution is 2.30. The molecule has 0 saturated heterocycles. The third-order valence-electron chi connectivity index (χ3n) is 3.50. The van der Waals surface area contributed by atoms with Crippen LogP contribution in [0.25, 0.3) is 5.69 Å². The van der Waals surface area contributed by atoms with Crippen LogP contribution >= 0.6 is 0 Å². The maximum absolute atomic E-state index is 12.0. The summed E-state index contributed by atoms with van der Waals surface area (Å²) in [6.45, 7) is 0. The smallest absolute Gasteiger partial charge is 0.439 e. The van der Waals surface area contributed by atoms with Crippen LogP contribution in [0.1, 0.15) is 0 Å². The highest BCUT2D eigenvalue weighted by molar-refractivity contribution is 5.71. The number of ether oxygens (including phenoxy) is 3. The molecule has 26 heavy (non-hydrogen) atoms. The molecule has 132 valence electrons. The molecule has 0 aliphatic heterocycles. The predicted molar refractivity (Wildman–Crippen MR) is 94.7 cm³/mol. The second kappa shape index (κ2) is 7.98. The Labute approximate surface area is 150 Å². The average Bonchev–Trinajstić information content (AvgIpc) is 2.69. The Morgan fingerprint density at radius 1 is 1.00 bits per heavy atom. The normalized spacial score (nSPS) is 11.1. The van der Waals surface area contributed by atoms with Crippen LogP contribution in [0.3, 0.4) is 0 Å². The average molecular weight is 351 g/mol. The molecule has 0 aliphatic rings. The summed E-state index contributed by atoms with van der Waals surface area (Å²) in [6.07, 6.45) is 2.46. The van der Waals surface area contributed by atoms with E-state index >= 15 is 0 Å². The van der Waals surface area contributed by atoms with Gasteiger partial charge in [-0.3, -0.25) is 0 Å². The van der Waals surface area contributed by atoms with Crippen LogP contribution in [-0.4, -0.2) is 30.1 Å². The third-order valence-corrected chi connectivity index (χ3v) is 3.50. The Morgan fingerprint density at radius 3 is 2.42 bits per heavy atom. The molecule has 3 aromatic rings. The first-order valence-corrected chi connectivity index (χ1v) is 7.78. The van der Waals surface area contributed by atoms with E-state index < -0.39 is 6.09 Å². The van der Waals surface area contributed by atoms with E-state index in [-0.39, 0.29) is 0 Å². The van der Waals surface area contributed by atoms with Crippen LogP contribution in [0.4, 0.5) is 4.79 Å². The van der Waals surface area contributed by atoms with Gasteiger partial charge in [-0.05, 0) is 30.3 Å². The molecule has 3 rings (SSSR count). The SMILES string of the molecule is COc1ccc(OC(=O)/N=c2\ccn(-c3ccccc3)nc2)cc1OC. The van der Waals surface area contributed by atoms with Gasteiger partial charge >= 0.3 is 6.09 Å². The fourth-order valence-corrected chi connectivity index (χ4v) is 2.26. The molecule has 0 unspecified atom stereocenters. The summed E-state index contributed by atoms with van der Waals surface area (Å²) in [7, 11) is 3.04. The zero-order chi connectivity index (χ0) is 18.4. The highest BCUT2D eigenvalue weighted by Gasteiger charge is 2.08. The van der Waals surface area contributed by atoms with Crippen molar-refractivity contribution in [2.45, 2.75) is 0 Å². The molecule has 1 aromatic heterocycles. The summed E-state index contributed by atoms with van der Waals surface area (Å²) in [5.41, 5.74) is 0.909. The fourth-order valence-electron chi connectivity index (χ4n) is 2.26. The van der Waals surface area contributed by atoms with E-state index in [9.17, 15) is 4.79 Å². The maximum atomic E-state index is 12.0. The van der Waals surface area contributed by atoms with Crippen molar-refractivity contribution in [3.8, 4) is 22.9 Å². The second-order valence-corrected chi connectivity index (χ2v) is 5.16. The van der Waals surface area contributed by atoms with Gasteiger partial charge in [0.25, 0.3) is 0 Å². The van der Waals surface area contributed by atoms with Gasteiger partial charge in [0.2, 0.25) is 0 Å². The number of benzene rings is 2. The Kier molecular flexibility index (Phi) is 5.28. The molecule has 0 radical (unpaired) electrons. The van der Waals surface area contributed by atoms with E-state index in [4.69, 9.17) is 14.2 Å². The summed E-state index contributed by atoms with van der Waals surface area (Å²) >= 11 is 0. The molecule has 2 aromatic carbocycles. The van der Waals surface area contributed by atoms with E-state index in [1.54, 1.807) is 35.1 Å². The molecule has 7 heteroatoms. The van der Waals surface area contributed by atoms with Gasteiger partial charge in [0.15, 0.2) is 11.5 Å². The number of nitrogens with zero attached hydrogens (tertiary/aromatic N) is 3. The van der Waals surface area contributed by atoms with E-state index in [0.717, 1.165) is 5.69 Å². The van der Waals surface area contributed by atoms with Crippen molar-refractivity contribution in [1.29, 1.82) is 0 Å². The number of methoxy groups -OCH3 is 2. The molecule has 0 spiro atoms. The minimum Gasteiger partial charge on any atom is -0.493 e. The van der Waals surface area contributed by atoms with Crippen molar-refractivity contribution in [1.82, 2.24) is 9.78 Å².